The number of benzene rings is 4. The summed E-state index contributed by atoms with van der Waals surface area (Å²) < 4.78 is 31.8. The van der Waals surface area contributed by atoms with Crippen molar-refractivity contribution in [2.45, 2.75) is 42.2 Å². The molecule has 0 saturated carbocycles. The summed E-state index contributed by atoms with van der Waals surface area (Å²) in [6, 6.07) is 30.0. The molecular weight excluding hydrogens is 546 g/mol. The molecule has 0 spiro atoms. The SMILES string of the molecule is CCC(=O)Oc1ccc(S(=O)(=O)c2cccc(CCN(Cc3ccccc3)C[C@@H](O)c3cccc(Cl)c3)c2)cc1. The number of hydrogen-bond acceptors (Lipinski definition) is 6. The molecule has 0 aliphatic rings. The van der Waals surface area contributed by atoms with E-state index in [4.69, 9.17) is 16.3 Å². The highest BCUT2D eigenvalue weighted by molar-refractivity contribution is 7.91. The van der Waals surface area contributed by atoms with Gasteiger partial charge in [0.15, 0.2) is 0 Å². The second-order valence-corrected chi connectivity index (χ2v) is 11.9. The molecule has 0 bridgehead atoms. The Balaban J connectivity index is 1.49. The minimum absolute atomic E-state index is 0.122. The van der Waals surface area contributed by atoms with Crippen LogP contribution in [0.5, 0.6) is 5.75 Å². The average Bonchev–Trinajstić information content (AvgIpc) is 2.97. The average molecular weight is 578 g/mol. The van der Waals surface area contributed by atoms with Gasteiger partial charge in [0.2, 0.25) is 9.84 Å². The molecule has 0 aromatic heterocycles. The van der Waals surface area contributed by atoms with Crippen LogP contribution in [0.1, 0.15) is 36.1 Å². The van der Waals surface area contributed by atoms with Gasteiger partial charge in [0.25, 0.3) is 0 Å². The molecule has 0 saturated heterocycles. The summed E-state index contributed by atoms with van der Waals surface area (Å²) in [5.74, 6) is -0.0808. The Morgan fingerprint density at radius 1 is 0.875 bits per heavy atom. The molecule has 8 heteroatoms. The maximum Gasteiger partial charge on any atom is 0.310 e. The number of carbonyl (C=O) groups is 1. The fourth-order valence-corrected chi connectivity index (χ4v) is 5.85. The topological polar surface area (TPSA) is 83.9 Å². The molecule has 6 nitrogen and oxygen atoms in total. The normalized spacial score (nSPS) is 12.3. The van der Waals surface area contributed by atoms with Crippen LogP contribution in [0.25, 0.3) is 0 Å². The van der Waals surface area contributed by atoms with Gasteiger partial charge in [0.1, 0.15) is 5.75 Å². The molecule has 0 fully saturated rings. The van der Waals surface area contributed by atoms with Crippen molar-refractivity contribution in [1.82, 2.24) is 4.90 Å². The van der Waals surface area contributed by atoms with Gasteiger partial charge in [-0.1, -0.05) is 73.1 Å². The van der Waals surface area contributed by atoms with Crippen LogP contribution in [0.4, 0.5) is 0 Å². The lowest BCUT2D eigenvalue weighted by atomic mass is 10.1. The summed E-state index contributed by atoms with van der Waals surface area (Å²) in [6.45, 7) is 3.32. The summed E-state index contributed by atoms with van der Waals surface area (Å²) in [5, 5.41) is 11.5. The van der Waals surface area contributed by atoms with E-state index >= 15 is 0 Å². The molecule has 4 aromatic rings. The predicted molar refractivity (Wildman–Crippen MR) is 156 cm³/mol. The van der Waals surface area contributed by atoms with E-state index in [2.05, 4.69) is 4.90 Å². The molecule has 1 N–H and O–H groups in total. The first-order valence-electron chi connectivity index (χ1n) is 13.1. The van der Waals surface area contributed by atoms with Gasteiger partial charge in [0.05, 0.1) is 15.9 Å². The van der Waals surface area contributed by atoms with Crippen LogP contribution in [-0.4, -0.2) is 37.5 Å². The molecule has 0 amide bonds. The van der Waals surface area contributed by atoms with Gasteiger partial charge in [0, 0.05) is 31.1 Å². The first-order valence-corrected chi connectivity index (χ1v) is 15.0. The van der Waals surface area contributed by atoms with E-state index in [0.29, 0.717) is 36.8 Å². The molecule has 208 valence electrons. The highest BCUT2D eigenvalue weighted by atomic mass is 35.5. The Kier molecular flexibility index (Phi) is 10.1. The molecule has 40 heavy (non-hydrogen) atoms. The number of halogens is 1. The Hall–Kier alpha value is -3.49. The van der Waals surface area contributed by atoms with E-state index in [1.165, 1.54) is 24.3 Å². The number of sulfone groups is 1. The van der Waals surface area contributed by atoms with E-state index in [1.807, 2.05) is 48.5 Å². The summed E-state index contributed by atoms with van der Waals surface area (Å²) in [4.78, 5) is 14.0. The number of aliphatic hydroxyl groups excluding tert-OH is 1. The molecular formula is C32H32ClNO5S. The fraction of sp³-hybridized carbons (Fsp3) is 0.219. The van der Waals surface area contributed by atoms with Crippen molar-refractivity contribution in [2.75, 3.05) is 13.1 Å². The van der Waals surface area contributed by atoms with E-state index in [9.17, 15) is 18.3 Å². The van der Waals surface area contributed by atoms with E-state index in [0.717, 1.165) is 16.7 Å². The molecule has 0 radical (unpaired) electrons. The molecule has 0 aliphatic heterocycles. The summed E-state index contributed by atoms with van der Waals surface area (Å²) >= 11 is 6.13. The summed E-state index contributed by atoms with van der Waals surface area (Å²) in [6.07, 6.45) is 0.0909. The van der Waals surface area contributed by atoms with Crippen LogP contribution in [0.2, 0.25) is 5.02 Å². The summed E-state index contributed by atoms with van der Waals surface area (Å²) in [7, 11) is -3.77. The minimum atomic E-state index is -3.77. The lowest BCUT2D eigenvalue weighted by Gasteiger charge is -2.26. The third-order valence-corrected chi connectivity index (χ3v) is 8.50. The van der Waals surface area contributed by atoms with Gasteiger partial charge < -0.3 is 9.84 Å². The van der Waals surface area contributed by atoms with Gasteiger partial charge in [-0.2, -0.15) is 0 Å². The van der Waals surface area contributed by atoms with Crippen LogP contribution in [0, 0.1) is 0 Å². The van der Waals surface area contributed by atoms with Crippen LogP contribution in [-0.2, 0) is 27.6 Å². The van der Waals surface area contributed by atoms with Crippen LogP contribution in [0.3, 0.4) is 0 Å². The second-order valence-electron chi connectivity index (χ2n) is 9.49. The Labute approximate surface area is 240 Å². The van der Waals surface area contributed by atoms with Gasteiger partial charge in [-0.3, -0.25) is 9.69 Å². The molecule has 4 rings (SSSR count). The Morgan fingerprint density at radius 2 is 1.57 bits per heavy atom. The molecule has 4 aromatic carbocycles. The standard InChI is InChI=1S/C32H32ClNO5S/c1-2-32(36)39-28-14-16-29(17-15-28)40(37,38)30-13-6-10-24(20-30)18-19-34(22-25-8-4-3-5-9-25)23-31(35)26-11-7-12-27(33)21-26/h3-17,20-21,31,35H,2,18-19,22-23H2,1H3/t31-/m1/s1. The van der Waals surface area contributed by atoms with Crippen molar-refractivity contribution >= 4 is 27.4 Å². The molecule has 0 heterocycles. The third-order valence-electron chi connectivity index (χ3n) is 6.49. The van der Waals surface area contributed by atoms with E-state index in [1.54, 1.807) is 37.3 Å². The zero-order chi connectivity index (χ0) is 28.5. The number of nitrogens with zero attached hydrogens (tertiary/aromatic N) is 1. The number of ether oxygens (including phenoxy) is 1. The third kappa shape index (κ3) is 8.02. The van der Waals surface area contributed by atoms with Crippen molar-refractivity contribution in [2.24, 2.45) is 0 Å². The lowest BCUT2D eigenvalue weighted by Crippen LogP contribution is -2.30. The maximum absolute atomic E-state index is 13.3. The number of carbonyl (C=O) groups excluding carboxylic acids is 1. The van der Waals surface area contributed by atoms with E-state index < -0.39 is 15.9 Å². The van der Waals surface area contributed by atoms with Gasteiger partial charge >= 0.3 is 5.97 Å². The molecule has 0 unspecified atom stereocenters. The second kappa shape index (κ2) is 13.7. The van der Waals surface area contributed by atoms with Crippen molar-refractivity contribution in [3.63, 3.8) is 0 Å². The zero-order valence-corrected chi connectivity index (χ0v) is 23.8. The molecule has 1 atom stereocenters. The fourth-order valence-electron chi connectivity index (χ4n) is 4.32. The zero-order valence-electron chi connectivity index (χ0n) is 22.2. The number of hydrogen-bond donors (Lipinski definition) is 1. The first kappa shape index (κ1) is 29.5. The Morgan fingerprint density at radius 3 is 2.27 bits per heavy atom. The van der Waals surface area contributed by atoms with Gasteiger partial charge in [-0.25, -0.2) is 8.42 Å². The minimum Gasteiger partial charge on any atom is -0.427 e. The largest absolute Gasteiger partial charge is 0.427 e. The van der Waals surface area contributed by atoms with Crippen LogP contribution < -0.4 is 4.74 Å². The molecule has 0 aliphatic carbocycles. The predicted octanol–water partition coefficient (Wildman–Crippen LogP) is 6.27. The van der Waals surface area contributed by atoms with Gasteiger partial charge in [-0.15, -0.1) is 0 Å². The van der Waals surface area contributed by atoms with Crippen molar-refractivity contribution in [3.05, 3.63) is 125 Å². The maximum atomic E-state index is 13.3. The van der Waals surface area contributed by atoms with E-state index in [-0.39, 0.29) is 22.2 Å². The lowest BCUT2D eigenvalue weighted by molar-refractivity contribution is -0.134. The van der Waals surface area contributed by atoms with Crippen molar-refractivity contribution in [1.29, 1.82) is 0 Å². The number of rotatable bonds is 12. The quantitative estimate of drug-likeness (QED) is 0.158. The number of esters is 1. The van der Waals surface area contributed by atoms with Crippen LogP contribution in [0.15, 0.2) is 113 Å². The smallest absolute Gasteiger partial charge is 0.310 e. The van der Waals surface area contributed by atoms with Gasteiger partial charge in [-0.05, 0) is 71.6 Å². The summed E-state index contributed by atoms with van der Waals surface area (Å²) in [5.41, 5.74) is 2.73. The first-order chi connectivity index (χ1) is 19.2. The van der Waals surface area contributed by atoms with Crippen molar-refractivity contribution in [3.8, 4) is 5.75 Å². The monoisotopic (exact) mass is 577 g/mol. The van der Waals surface area contributed by atoms with Crippen molar-refractivity contribution < 1.29 is 23.1 Å². The Bertz CT molecular complexity index is 1520. The van der Waals surface area contributed by atoms with Crippen LogP contribution >= 0.6 is 11.6 Å². The highest BCUT2D eigenvalue weighted by Gasteiger charge is 2.19. The number of aliphatic hydroxyl groups is 1. The highest BCUT2D eigenvalue weighted by Crippen LogP contribution is 2.25.